The minimum absolute atomic E-state index is 0.0153. The summed E-state index contributed by atoms with van der Waals surface area (Å²) in [4.78, 5) is 25.6. The van der Waals surface area contributed by atoms with Crippen LogP contribution in [-0.2, 0) is 0 Å². The maximum Gasteiger partial charge on any atom is 0.337 e. The van der Waals surface area contributed by atoms with E-state index in [1.165, 1.54) is 0 Å². The topological polar surface area (TPSA) is 62.5 Å². The van der Waals surface area contributed by atoms with Gasteiger partial charge < -0.3 is 14.6 Å². The minimum Gasteiger partial charge on any atom is -0.478 e. The molecular weight excluding hydrogens is 304 g/mol. The lowest BCUT2D eigenvalue weighted by atomic mass is 10.1. The molecule has 0 unspecified atom stereocenters. The maximum absolute atomic E-state index is 11.8. The van der Waals surface area contributed by atoms with Gasteiger partial charge in [0.25, 0.3) is 0 Å². The van der Waals surface area contributed by atoms with Crippen molar-refractivity contribution in [3.63, 3.8) is 0 Å². The van der Waals surface area contributed by atoms with Crippen molar-refractivity contribution < 1.29 is 14.7 Å². The fraction of sp³-hybridized carbons (Fsp3) is 0.368. The summed E-state index contributed by atoms with van der Waals surface area (Å²) in [5.41, 5.74) is 4.29. The molecule has 1 aliphatic rings. The smallest absolute Gasteiger partial charge is 0.337 e. The summed E-state index contributed by atoms with van der Waals surface area (Å²) in [5, 5.41) is 9.64. The molecule has 1 aromatic carbocycles. The Morgan fingerprint density at radius 1 is 1.04 bits per heavy atom. The number of rotatable bonds is 4. The van der Waals surface area contributed by atoms with Crippen molar-refractivity contribution in [1.82, 2.24) is 4.57 Å². The largest absolute Gasteiger partial charge is 0.478 e. The highest BCUT2D eigenvalue weighted by Crippen LogP contribution is 2.29. The van der Waals surface area contributed by atoms with Gasteiger partial charge in [-0.25, -0.2) is 4.79 Å². The molecule has 1 N–H and O–H groups in total. The summed E-state index contributed by atoms with van der Waals surface area (Å²) < 4.78 is 1.94. The standard InChI is InChI=1S/C19H22N2O3/c1-12-10-16(14(3)22)13(2)21(12)15-6-7-18(17(11-15)19(23)24)20-8-4-5-9-20/h6-7,10-11H,4-5,8-9H2,1-3H3,(H,23,24). The Morgan fingerprint density at radius 2 is 1.71 bits per heavy atom. The van der Waals surface area contributed by atoms with Crippen LogP contribution in [0.4, 0.5) is 5.69 Å². The van der Waals surface area contributed by atoms with E-state index in [9.17, 15) is 14.7 Å². The number of carboxylic acid groups (broad SMARTS) is 1. The molecule has 0 radical (unpaired) electrons. The number of aromatic carboxylic acids is 1. The number of nitrogens with zero attached hydrogens (tertiary/aromatic N) is 2. The van der Waals surface area contributed by atoms with E-state index >= 15 is 0 Å². The Bertz CT molecular complexity index is 814. The highest BCUT2D eigenvalue weighted by molar-refractivity contribution is 5.96. The molecular formula is C19H22N2O3. The van der Waals surface area contributed by atoms with Crippen LogP contribution in [0.1, 0.15) is 51.9 Å². The summed E-state index contributed by atoms with van der Waals surface area (Å²) in [7, 11) is 0. The minimum atomic E-state index is -0.923. The van der Waals surface area contributed by atoms with Crippen LogP contribution in [0.2, 0.25) is 0 Å². The Hall–Kier alpha value is -2.56. The zero-order chi connectivity index (χ0) is 17.4. The molecule has 1 fully saturated rings. The van der Waals surface area contributed by atoms with Gasteiger partial charge in [-0.05, 0) is 57.9 Å². The van der Waals surface area contributed by atoms with Crippen LogP contribution in [0.5, 0.6) is 0 Å². The fourth-order valence-corrected chi connectivity index (χ4v) is 3.58. The van der Waals surface area contributed by atoms with Crippen LogP contribution in [0, 0.1) is 13.8 Å². The van der Waals surface area contributed by atoms with Crippen molar-refractivity contribution in [3.05, 3.63) is 46.8 Å². The summed E-state index contributed by atoms with van der Waals surface area (Å²) in [5.74, 6) is -0.908. The number of hydrogen-bond donors (Lipinski definition) is 1. The van der Waals surface area contributed by atoms with E-state index in [1.807, 2.05) is 36.6 Å². The number of aryl methyl sites for hydroxylation is 1. The number of carbonyl (C=O) groups is 2. The van der Waals surface area contributed by atoms with E-state index in [4.69, 9.17) is 0 Å². The summed E-state index contributed by atoms with van der Waals surface area (Å²) in [6.45, 7) is 7.16. The van der Waals surface area contributed by atoms with E-state index in [0.717, 1.165) is 48.7 Å². The number of carbonyl (C=O) groups excluding carboxylic acids is 1. The number of Topliss-reactive ketones (excluding diaryl/α,β-unsaturated/α-hetero) is 1. The molecule has 0 saturated carbocycles. The Balaban J connectivity index is 2.12. The molecule has 0 bridgehead atoms. The average molecular weight is 326 g/mol. The van der Waals surface area contributed by atoms with Crippen molar-refractivity contribution in [2.75, 3.05) is 18.0 Å². The number of hydrogen-bond acceptors (Lipinski definition) is 3. The lowest BCUT2D eigenvalue weighted by Crippen LogP contribution is -2.21. The molecule has 24 heavy (non-hydrogen) atoms. The first-order chi connectivity index (χ1) is 11.4. The van der Waals surface area contributed by atoms with Crippen LogP contribution >= 0.6 is 0 Å². The molecule has 2 aromatic rings. The van der Waals surface area contributed by atoms with Gasteiger partial charge in [-0.2, -0.15) is 0 Å². The van der Waals surface area contributed by atoms with Crippen molar-refractivity contribution >= 4 is 17.4 Å². The van der Waals surface area contributed by atoms with E-state index in [1.54, 1.807) is 13.0 Å². The zero-order valence-corrected chi connectivity index (χ0v) is 14.3. The molecule has 0 spiro atoms. The number of anilines is 1. The van der Waals surface area contributed by atoms with Crippen LogP contribution < -0.4 is 4.90 Å². The molecule has 0 aliphatic carbocycles. The molecule has 0 amide bonds. The van der Waals surface area contributed by atoms with Crippen molar-refractivity contribution in [2.45, 2.75) is 33.6 Å². The van der Waals surface area contributed by atoms with E-state index < -0.39 is 5.97 Å². The predicted molar refractivity (Wildman–Crippen MR) is 93.7 cm³/mol. The van der Waals surface area contributed by atoms with Crippen molar-refractivity contribution in [3.8, 4) is 5.69 Å². The third-order valence-electron chi connectivity index (χ3n) is 4.73. The van der Waals surface area contributed by atoms with Gasteiger partial charge in [0.1, 0.15) is 0 Å². The second kappa shape index (κ2) is 6.15. The highest BCUT2D eigenvalue weighted by Gasteiger charge is 2.21. The quantitative estimate of drug-likeness (QED) is 0.872. The SMILES string of the molecule is CC(=O)c1cc(C)n(-c2ccc(N3CCCC3)c(C(=O)O)c2)c1C. The number of ketones is 1. The monoisotopic (exact) mass is 326 g/mol. The number of benzene rings is 1. The second-order valence-corrected chi connectivity index (χ2v) is 6.38. The first-order valence-corrected chi connectivity index (χ1v) is 8.22. The van der Waals surface area contributed by atoms with Gasteiger partial charge in [-0.1, -0.05) is 0 Å². The molecule has 5 heteroatoms. The molecule has 2 heterocycles. The van der Waals surface area contributed by atoms with E-state index in [0.29, 0.717) is 11.1 Å². The maximum atomic E-state index is 11.8. The summed E-state index contributed by atoms with van der Waals surface area (Å²) >= 11 is 0. The van der Waals surface area contributed by atoms with Crippen LogP contribution in [0.15, 0.2) is 24.3 Å². The molecule has 5 nitrogen and oxygen atoms in total. The predicted octanol–water partition coefficient (Wildman–Crippen LogP) is 3.60. The normalized spacial score (nSPS) is 14.2. The summed E-state index contributed by atoms with van der Waals surface area (Å²) in [6, 6.07) is 7.38. The van der Waals surface area contributed by atoms with E-state index in [2.05, 4.69) is 4.90 Å². The van der Waals surface area contributed by atoms with Gasteiger partial charge in [-0.15, -0.1) is 0 Å². The van der Waals surface area contributed by atoms with Gasteiger partial charge in [-0.3, -0.25) is 4.79 Å². The number of aromatic nitrogens is 1. The third-order valence-corrected chi connectivity index (χ3v) is 4.73. The van der Waals surface area contributed by atoms with Gasteiger partial charge in [0.15, 0.2) is 5.78 Å². The lowest BCUT2D eigenvalue weighted by molar-refractivity contribution is 0.0697. The second-order valence-electron chi connectivity index (χ2n) is 6.38. The van der Waals surface area contributed by atoms with Gasteiger partial charge in [0.2, 0.25) is 0 Å². The molecule has 1 aliphatic heterocycles. The number of carboxylic acids is 1. The zero-order valence-electron chi connectivity index (χ0n) is 14.3. The first kappa shape index (κ1) is 16.3. The van der Waals surface area contributed by atoms with Crippen molar-refractivity contribution in [2.24, 2.45) is 0 Å². The fourth-order valence-electron chi connectivity index (χ4n) is 3.58. The van der Waals surface area contributed by atoms with Crippen LogP contribution in [-0.4, -0.2) is 34.5 Å². The lowest BCUT2D eigenvalue weighted by Gasteiger charge is -2.21. The molecule has 0 atom stereocenters. The average Bonchev–Trinajstić information content (AvgIpc) is 3.15. The Labute approximate surface area is 141 Å². The van der Waals surface area contributed by atoms with Gasteiger partial charge >= 0.3 is 5.97 Å². The Kier molecular flexibility index (Phi) is 4.18. The Morgan fingerprint density at radius 3 is 2.25 bits per heavy atom. The third kappa shape index (κ3) is 2.70. The van der Waals surface area contributed by atoms with Crippen LogP contribution in [0.25, 0.3) is 5.69 Å². The molecule has 1 aromatic heterocycles. The van der Waals surface area contributed by atoms with Gasteiger partial charge in [0.05, 0.1) is 11.3 Å². The molecule has 3 rings (SSSR count). The van der Waals surface area contributed by atoms with Gasteiger partial charge in [0, 0.05) is 35.7 Å². The summed E-state index contributed by atoms with van der Waals surface area (Å²) in [6.07, 6.45) is 2.19. The highest BCUT2D eigenvalue weighted by atomic mass is 16.4. The van der Waals surface area contributed by atoms with Crippen molar-refractivity contribution in [1.29, 1.82) is 0 Å². The van der Waals surface area contributed by atoms with Crippen LogP contribution in [0.3, 0.4) is 0 Å². The first-order valence-electron chi connectivity index (χ1n) is 8.22. The van der Waals surface area contributed by atoms with E-state index in [-0.39, 0.29) is 5.78 Å². The molecule has 1 saturated heterocycles. The molecule has 126 valence electrons.